The van der Waals surface area contributed by atoms with E-state index in [1.54, 1.807) is 0 Å². The number of likely N-dealkylation sites (tertiary alicyclic amines) is 1. The smallest absolute Gasteiger partial charge is 0.317 e. The van der Waals surface area contributed by atoms with E-state index in [4.69, 9.17) is 0 Å². The number of nitrogens with one attached hydrogen (secondary N) is 2. The molecule has 1 aromatic carbocycles. The van der Waals surface area contributed by atoms with Crippen molar-refractivity contribution in [2.75, 3.05) is 19.6 Å². The number of imidazole rings is 1. The molecule has 6 heteroatoms. The maximum absolute atomic E-state index is 12.8. The molecule has 2 N–H and O–H groups in total. The molecule has 2 aromatic heterocycles. The number of pyridine rings is 1. The molecule has 3 aromatic rings. The van der Waals surface area contributed by atoms with Gasteiger partial charge in [0.2, 0.25) is 0 Å². The maximum Gasteiger partial charge on any atom is 0.317 e. The number of nitrogens with zero attached hydrogens (tertiary/aromatic N) is 3. The number of aromatic nitrogens is 3. The van der Waals surface area contributed by atoms with Gasteiger partial charge in [-0.1, -0.05) is 44.2 Å². The van der Waals surface area contributed by atoms with Crippen LogP contribution in [0.15, 0.2) is 36.5 Å². The minimum absolute atomic E-state index is 0.0296. The molecule has 0 spiro atoms. The van der Waals surface area contributed by atoms with Gasteiger partial charge in [0.05, 0.1) is 11.2 Å². The molecule has 0 unspecified atom stereocenters. The Morgan fingerprint density at radius 3 is 2.60 bits per heavy atom. The van der Waals surface area contributed by atoms with Crippen LogP contribution in [0.3, 0.4) is 0 Å². The van der Waals surface area contributed by atoms with E-state index < -0.39 is 0 Å². The number of hydrogen-bond acceptors (Lipinski definition) is 3. The lowest BCUT2D eigenvalue weighted by atomic mass is 9.84. The van der Waals surface area contributed by atoms with Crippen LogP contribution in [0.2, 0.25) is 0 Å². The summed E-state index contributed by atoms with van der Waals surface area (Å²) in [7, 11) is 0. The highest BCUT2D eigenvalue weighted by atomic mass is 16.2. The predicted octanol–water partition coefficient (Wildman–Crippen LogP) is 4.44. The summed E-state index contributed by atoms with van der Waals surface area (Å²) in [5, 5.41) is 3.14. The van der Waals surface area contributed by atoms with Crippen molar-refractivity contribution in [2.24, 2.45) is 0 Å². The summed E-state index contributed by atoms with van der Waals surface area (Å²) in [4.78, 5) is 27.3. The van der Waals surface area contributed by atoms with Crippen LogP contribution < -0.4 is 5.32 Å². The molecule has 1 fully saturated rings. The molecule has 0 bridgehead atoms. The summed E-state index contributed by atoms with van der Waals surface area (Å²) in [6, 6.07) is 10.4. The molecule has 1 saturated heterocycles. The standard InChI is InChI=1S/C24H31N5O/c1-16-21-22(28-17(2)27-21)20(14-25-16)18-10-12-29(13-11-18)23(30)26-15-24(3,4)19-8-6-5-7-9-19/h5-9,14,18H,10-13,15H2,1-4H3,(H,26,30)(H,27,28). The Kier molecular flexibility index (Phi) is 5.50. The Bertz CT molecular complexity index is 1030. The highest BCUT2D eigenvalue weighted by molar-refractivity contribution is 5.81. The van der Waals surface area contributed by atoms with E-state index in [1.807, 2.05) is 43.1 Å². The molecule has 0 radical (unpaired) electrons. The zero-order valence-corrected chi connectivity index (χ0v) is 18.3. The average molecular weight is 406 g/mol. The van der Waals surface area contributed by atoms with Gasteiger partial charge in [0.15, 0.2) is 0 Å². The number of H-pyrrole nitrogens is 1. The number of urea groups is 1. The van der Waals surface area contributed by atoms with E-state index in [9.17, 15) is 4.79 Å². The average Bonchev–Trinajstić information content (AvgIpc) is 3.15. The molecule has 1 aliphatic rings. The molecule has 2 amide bonds. The fourth-order valence-electron chi connectivity index (χ4n) is 4.36. The van der Waals surface area contributed by atoms with Gasteiger partial charge in [-0.25, -0.2) is 9.78 Å². The van der Waals surface area contributed by atoms with Crippen molar-refractivity contribution in [3.8, 4) is 0 Å². The molecule has 6 nitrogen and oxygen atoms in total. The van der Waals surface area contributed by atoms with Crippen molar-refractivity contribution in [1.82, 2.24) is 25.2 Å². The van der Waals surface area contributed by atoms with Crippen molar-refractivity contribution in [2.45, 2.75) is 51.9 Å². The maximum atomic E-state index is 12.8. The van der Waals surface area contributed by atoms with Crippen molar-refractivity contribution >= 4 is 17.1 Å². The van der Waals surface area contributed by atoms with Crippen LogP contribution in [0.25, 0.3) is 11.0 Å². The van der Waals surface area contributed by atoms with Gasteiger partial charge < -0.3 is 15.2 Å². The summed E-state index contributed by atoms with van der Waals surface area (Å²) in [6.07, 6.45) is 3.86. The Morgan fingerprint density at radius 1 is 1.20 bits per heavy atom. The number of piperidine rings is 1. The number of aromatic amines is 1. The van der Waals surface area contributed by atoms with Gasteiger partial charge in [-0.2, -0.15) is 0 Å². The largest absolute Gasteiger partial charge is 0.342 e. The normalized spacial score (nSPS) is 15.5. The zero-order valence-electron chi connectivity index (χ0n) is 18.3. The van der Waals surface area contributed by atoms with Gasteiger partial charge in [0.1, 0.15) is 11.3 Å². The number of fused-ring (bicyclic) bond motifs is 1. The van der Waals surface area contributed by atoms with Crippen molar-refractivity contribution in [3.05, 3.63) is 59.2 Å². The first-order chi connectivity index (χ1) is 14.3. The number of carbonyl (C=O) groups is 1. The summed E-state index contributed by atoms with van der Waals surface area (Å²) in [5.74, 6) is 1.31. The first kappa shape index (κ1) is 20.4. The number of carbonyl (C=O) groups excluding carboxylic acids is 1. The Morgan fingerprint density at radius 2 is 1.90 bits per heavy atom. The number of hydrogen-bond donors (Lipinski definition) is 2. The summed E-state index contributed by atoms with van der Waals surface area (Å²) in [6.45, 7) is 10.4. The van der Waals surface area contributed by atoms with Gasteiger partial charge in [-0.3, -0.25) is 4.98 Å². The summed E-state index contributed by atoms with van der Waals surface area (Å²) < 4.78 is 0. The van der Waals surface area contributed by atoms with E-state index in [0.29, 0.717) is 12.5 Å². The van der Waals surface area contributed by atoms with Crippen LogP contribution in [0.4, 0.5) is 4.79 Å². The van der Waals surface area contributed by atoms with Gasteiger partial charge in [-0.15, -0.1) is 0 Å². The number of aryl methyl sites for hydroxylation is 2. The number of rotatable bonds is 4. The minimum Gasteiger partial charge on any atom is -0.342 e. The second-order valence-electron chi connectivity index (χ2n) is 9.01. The number of benzene rings is 1. The first-order valence-corrected chi connectivity index (χ1v) is 10.8. The van der Waals surface area contributed by atoms with Crippen molar-refractivity contribution in [3.63, 3.8) is 0 Å². The highest BCUT2D eigenvalue weighted by Gasteiger charge is 2.28. The van der Waals surface area contributed by atoms with E-state index in [0.717, 1.165) is 48.5 Å². The minimum atomic E-state index is -0.104. The third-order valence-electron chi connectivity index (χ3n) is 6.31. The molecule has 0 atom stereocenters. The second kappa shape index (κ2) is 8.09. The lowest BCUT2D eigenvalue weighted by molar-refractivity contribution is 0.179. The highest BCUT2D eigenvalue weighted by Crippen LogP contribution is 2.32. The van der Waals surface area contributed by atoms with E-state index in [2.05, 4.69) is 46.2 Å². The molecule has 3 heterocycles. The van der Waals surface area contributed by atoms with Crippen LogP contribution in [0, 0.1) is 13.8 Å². The van der Waals surface area contributed by atoms with Crippen LogP contribution in [-0.4, -0.2) is 45.5 Å². The predicted molar refractivity (Wildman–Crippen MR) is 120 cm³/mol. The molecule has 30 heavy (non-hydrogen) atoms. The van der Waals surface area contributed by atoms with E-state index in [1.165, 1.54) is 11.1 Å². The lowest BCUT2D eigenvalue weighted by Gasteiger charge is -2.33. The quantitative estimate of drug-likeness (QED) is 0.674. The SMILES string of the molecule is Cc1nc2c(C)ncc(C3CCN(C(=O)NCC(C)(C)c4ccccc4)CC3)c2[nH]1. The fourth-order valence-corrected chi connectivity index (χ4v) is 4.36. The van der Waals surface area contributed by atoms with Crippen molar-refractivity contribution in [1.29, 1.82) is 0 Å². The molecule has 4 rings (SSSR count). The van der Waals surface area contributed by atoms with Gasteiger partial charge in [0.25, 0.3) is 0 Å². The first-order valence-electron chi connectivity index (χ1n) is 10.8. The molecule has 0 aliphatic carbocycles. The van der Waals surface area contributed by atoms with Gasteiger partial charge in [-0.05, 0) is 43.7 Å². The van der Waals surface area contributed by atoms with Crippen LogP contribution in [-0.2, 0) is 5.41 Å². The van der Waals surface area contributed by atoms with E-state index in [-0.39, 0.29) is 11.4 Å². The Hall–Kier alpha value is -2.89. The lowest BCUT2D eigenvalue weighted by Crippen LogP contribution is -2.47. The Balaban J connectivity index is 1.37. The number of amides is 2. The van der Waals surface area contributed by atoms with Crippen LogP contribution >= 0.6 is 0 Å². The third kappa shape index (κ3) is 4.04. The molecule has 158 valence electrons. The van der Waals surface area contributed by atoms with Gasteiger partial charge in [0, 0.05) is 31.2 Å². The monoisotopic (exact) mass is 405 g/mol. The molecule has 0 saturated carbocycles. The van der Waals surface area contributed by atoms with Crippen molar-refractivity contribution < 1.29 is 4.79 Å². The van der Waals surface area contributed by atoms with Gasteiger partial charge >= 0.3 is 6.03 Å². The summed E-state index contributed by atoms with van der Waals surface area (Å²) >= 11 is 0. The fraction of sp³-hybridized carbons (Fsp3) is 0.458. The third-order valence-corrected chi connectivity index (χ3v) is 6.31. The zero-order chi connectivity index (χ0) is 21.3. The molecular weight excluding hydrogens is 374 g/mol. The Labute approximate surface area is 178 Å². The second-order valence-corrected chi connectivity index (χ2v) is 9.01. The summed E-state index contributed by atoms with van der Waals surface area (Å²) in [5.41, 5.74) is 5.38. The molecular formula is C24H31N5O. The van der Waals surface area contributed by atoms with Crippen LogP contribution in [0.1, 0.15) is 55.3 Å². The van der Waals surface area contributed by atoms with E-state index >= 15 is 0 Å². The topological polar surface area (TPSA) is 73.9 Å². The van der Waals surface area contributed by atoms with Crippen LogP contribution in [0.5, 0.6) is 0 Å². The molecule has 1 aliphatic heterocycles.